The molecular formula is C14H21F2N3O2S. The largest absolute Gasteiger partial charge is 0.315 e. The number of rotatable bonds is 5. The van der Waals surface area contributed by atoms with Gasteiger partial charge >= 0.3 is 0 Å². The van der Waals surface area contributed by atoms with E-state index in [-0.39, 0.29) is 5.92 Å². The second-order valence-electron chi connectivity index (χ2n) is 5.42. The number of nitrogens with zero attached hydrogens (tertiary/aromatic N) is 1. The lowest BCUT2D eigenvalue weighted by Gasteiger charge is -2.34. The van der Waals surface area contributed by atoms with Crippen LogP contribution in [0.4, 0.5) is 8.78 Å². The fourth-order valence-electron chi connectivity index (χ4n) is 2.58. The molecule has 2 unspecified atom stereocenters. The lowest BCUT2D eigenvalue weighted by atomic mass is 9.86. The molecule has 1 aliphatic heterocycles. The fraction of sp³-hybridized carbons (Fsp3) is 0.571. The molecule has 1 aliphatic rings. The van der Waals surface area contributed by atoms with Crippen LogP contribution in [-0.4, -0.2) is 45.4 Å². The van der Waals surface area contributed by atoms with Gasteiger partial charge in [-0.25, -0.2) is 8.78 Å². The van der Waals surface area contributed by atoms with Crippen LogP contribution in [0.15, 0.2) is 18.2 Å². The minimum Gasteiger partial charge on any atom is -0.315 e. The molecule has 5 nitrogen and oxygen atoms in total. The summed E-state index contributed by atoms with van der Waals surface area (Å²) >= 11 is 0. The molecule has 2 atom stereocenters. The predicted octanol–water partition coefficient (Wildman–Crippen LogP) is 1.20. The smallest absolute Gasteiger partial charge is 0.279 e. The molecular weight excluding hydrogens is 312 g/mol. The van der Waals surface area contributed by atoms with E-state index in [4.69, 9.17) is 0 Å². The summed E-state index contributed by atoms with van der Waals surface area (Å²) in [5.41, 5.74) is 0.604. The lowest BCUT2D eigenvalue weighted by molar-refractivity contribution is 0.365. The highest BCUT2D eigenvalue weighted by Gasteiger charge is 2.31. The standard InChI is InChI=1S/C14H21F2N3O2S/c1-3-19(2)22(20,21)18-14-9-17-7-6-11(14)10-4-5-12(15)13(16)8-10/h4-5,8,11,14,17-18H,3,6-7,9H2,1-2H3. The van der Waals surface area contributed by atoms with Gasteiger partial charge < -0.3 is 5.32 Å². The monoisotopic (exact) mass is 333 g/mol. The van der Waals surface area contributed by atoms with Gasteiger partial charge in [-0.2, -0.15) is 17.4 Å². The highest BCUT2D eigenvalue weighted by Crippen LogP contribution is 2.27. The first kappa shape index (κ1) is 17.3. The molecule has 124 valence electrons. The molecule has 0 spiro atoms. The molecule has 2 N–H and O–H groups in total. The van der Waals surface area contributed by atoms with E-state index in [0.717, 1.165) is 12.1 Å². The third-order valence-electron chi connectivity index (χ3n) is 4.01. The minimum atomic E-state index is -3.59. The summed E-state index contributed by atoms with van der Waals surface area (Å²) < 4.78 is 54.7. The summed E-state index contributed by atoms with van der Waals surface area (Å²) in [6.45, 7) is 3.24. The Kier molecular flexibility index (Phi) is 5.49. The Morgan fingerprint density at radius 1 is 1.36 bits per heavy atom. The Morgan fingerprint density at radius 3 is 2.73 bits per heavy atom. The number of nitrogens with one attached hydrogen (secondary N) is 2. The molecule has 0 saturated carbocycles. The molecule has 1 fully saturated rings. The van der Waals surface area contributed by atoms with Gasteiger partial charge in [-0.3, -0.25) is 0 Å². The van der Waals surface area contributed by atoms with Gasteiger partial charge in [-0.1, -0.05) is 13.0 Å². The molecule has 1 heterocycles. The van der Waals surface area contributed by atoms with Crippen molar-refractivity contribution in [1.29, 1.82) is 0 Å². The molecule has 0 amide bonds. The van der Waals surface area contributed by atoms with Gasteiger partial charge in [-0.15, -0.1) is 0 Å². The van der Waals surface area contributed by atoms with Gasteiger partial charge in [0.05, 0.1) is 0 Å². The average Bonchev–Trinajstić information content (AvgIpc) is 2.49. The van der Waals surface area contributed by atoms with Crippen LogP contribution in [0.1, 0.15) is 24.8 Å². The summed E-state index contributed by atoms with van der Waals surface area (Å²) in [6.07, 6.45) is 0.647. The Hall–Kier alpha value is -1.09. The summed E-state index contributed by atoms with van der Waals surface area (Å²) in [5, 5.41) is 3.13. The Balaban J connectivity index is 2.23. The maximum Gasteiger partial charge on any atom is 0.279 e. The third kappa shape index (κ3) is 3.81. The highest BCUT2D eigenvalue weighted by molar-refractivity contribution is 7.87. The maximum absolute atomic E-state index is 13.4. The van der Waals surface area contributed by atoms with Crippen LogP contribution in [0.2, 0.25) is 0 Å². The topological polar surface area (TPSA) is 61.4 Å². The van der Waals surface area contributed by atoms with Crippen molar-refractivity contribution in [3.63, 3.8) is 0 Å². The van der Waals surface area contributed by atoms with Crippen molar-refractivity contribution in [2.75, 3.05) is 26.7 Å². The molecule has 0 radical (unpaired) electrons. The summed E-state index contributed by atoms with van der Waals surface area (Å²) in [5.74, 6) is -2.01. The van der Waals surface area contributed by atoms with Gasteiger partial charge in [0.25, 0.3) is 10.2 Å². The SMILES string of the molecule is CCN(C)S(=O)(=O)NC1CNCCC1c1ccc(F)c(F)c1. The summed E-state index contributed by atoms with van der Waals surface area (Å²) in [7, 11) is -2.10. The Bertz CT molecular complexity index is 625. The highest BCUT2D eigenvalue weighted by atomic mass is 32.2. The van der Waals surface area contributed by atoms with Crippen molar-refractivity contribution in [2.24, 2.45) is 0 Å². The van der Waals surface area contributed by atoms with E-state index in [1.165, 1.54) is 17.4 Å². The molecule has 1 aromatic carbocycles. The first-order valence-electron chi connectivity index (χ1n) is 7.24. The number of halogens is 2. The first-order valence-corrected chi connectivity index (χ1v) is 8.68. The van der Waals surface area contributed by atoms with Crippen LogP contribution in [-0.2, 0) is 10.2 Å². The van der Waals surface area contributed by atoms with Crippen molar-refractivity contribution in [2.45, 2.75) is 25.3 Å². The molecule has 22 heavy (non-hydrogen) atoms. The van der Waals surface area contributed by atoms with E-state index >= 15 is 0 Å². The molecule has 1 aromatic rings. The second-order valence-corrected chi connectivity index (χ2v) is 7.23. The quantitative estimate of drug-likeness (QED) is 0.851. The molecule has 0 aliphatic carbocycles. The van der Waals surface area contributed by atoms with Gasteiger partial charge in [-0.05, 0) is 30.7 Å². The number of benzene rings is 1. The van der Waals surface area contributed by atoms with Crippen molar-refractivity contribution in [3.8, 4) is 0 Å². The summed E-state index contributed by atoms with van der Waals surface area (Å²) in [6, 6.07) is 3.34. The maximum atomic E-state index is 13.4. The molecule has 0 aromatic heterocycles. The van der Waals surface area contributed by atoms with E-state index < -0.39 is 27.9 Å². The Labute approximate surface area is 129 Å². The van der Waals surface area contributed by atoms with Crippen LogP contribution in [0.25, 0.3) is 0 Å². The molecule has 2 rings (SSSR count). The van der Waals surface area contributed by atoms with Crippen LogP contribution in [0, 0.1) is 11.6 Å². The van der Waals surface area contributed by atoms with Crippen LogP contribution in [0.3, 0.4) is 0 Å². The van der Waals surface area contributed by atoms with E-state index in [9.17, 15) is 17.2 Å². The Morgan fingerprint density at radius 2 is 2.09 bits per heavy atom. The van der Waals surface area contributed by atoms with E-state index in [1.807, 2.05) is 0 Å². The second kappa shape index (κ2) is 6.99. The fourth-order valence-corrected chi connectivity index (χ4v) is 3.73. The van der Waals surface area contributed by atoms with Crippen molar-refractivity contribution >= 4 is 10.2 Å². The van der Waals surface area contributed by atoms with Gasteiger partial charge in [0.1, 0.15) is 0 Å². The van der Waals surface area contributed by atoms with Crippen molar-refractivity contribution in [3.05, 3.63) is 35.4 Å². The molecule has 8 heteroatoms. The number of hydrogen-bond donors (Lipinski definition) is 2. The summed E-state index contributed by atoms with van der Waals surface area (Å²) in [4.78, 5) is 0. The minimum absolute atomic E-state index is 0.198. The predicted molar refractivity (Wildman–Crippen MR) is 80.7 cm³/mol. The zero-order valence-corrected chi connectivity index (χ0v) is 13.5. The van der Waals surface area contributed by atoms with Crippen LogP contribution < -0.4 is 10.0 Å². The lowest BCUT2D eigenvalue weighted by Crippen LogP contribution is -2.53. The van der Waals surface area contributed by atoms with Gasteiger partial charge in [0.2, 0.25) is 0 Å². The zero-order chi connectivity index (χ0) is 16.3. The van der Waals surface area contributed by atoms with Gasteiger partial charge in [0, 0.05) is 32.1 Å². The average molecular weight is 333 g/mol. The van der Waals surface area contributed by atoms with Crippen LogP contribution in [0.5, 0.6) is 0 Å². The first-order chi connectivity index (χ1) is 10.3. The molecule has 1 saturated heterocycles. The zero-order valence-electron chi connectivity index (χ0n) is 12.6. The third-order valence-corrected chi connectivity index (χ3v) is 5.69. The van der Waals surface area contributed by atoms with E-state index in [1.54, 1.807) is 6.92 Å². The van der Waals surface area contributed by atoms with Gasteiger partial charge in [0.15, 0.2) is 11.6 Å². The van der Waals surface area contributed by atoms with E-state index in [2.05, 4.69) is 10.0 Å². The molecule has 0 bridgehead atoms. The van der Waals surface area contributed by atoms with Crippen molar-refractivity contribution < 1.29 is 17.2 Å². The van der Waals surface area contributed by atoms with E-state index in [0.29, 0.717) is 31.6 Å². The van der Waals surface area contributed by atoms with Crippen LogP contribution >= 0.6 is 0 Å². The van der Waals surface area contributed by atoms with Crippen molar-refractivity contribution in [1.82, 2.24) is 14.3 Å². The number of piperidine rings is 1. The number of hydrogen-bond acceptors (Lipinski definition) is 3. The normalized spacial score (nSPS) is 23.0.